The molecule has 0 saturated carbocycles. The molecule has 0 bridgehead atoms. The molecule has 1 unspecified atom stereocenters. The van der Waals surface area contributed by atoms with Crippen LogP contribution in [0.2, 0.25) is 0 Å². The van der Waals surface area contributed by atoms with Crippen molar-refractivity contribution in [2.75, 3.05) is 13.7 Å². The Bertz CT molecular complexity index is 529. The molecular weight excluding hydrogens is 274 g/mol. The van der Waals surface area contributed by atoms with Gasteiger partial charge >= 0.3 is 5.97 Å². The Labute approximate surface area is 124 Å². The fraction of sp³-hybridized carbons (Fsp3) is 0.467. The first-order valence-electron chi connectivity index (χ1n) is 6.64. The maximum absolute atomic E-state index is 11.8. The molecule has 0 fully saturated rings. The van der Waals surface area contributed by atoms with Crippen molar-refractivity contribution in [3.63, 3.8) is 0 Å². The molecule has 1 atom stereocenters. The predicted molar refractivity (Wildman–Crippen MR) is 77.7 cm³/mol. The van der Waals surface area contributed by atoms with Gasteiger partial charge in [0.15, 0.2) is 18.1 Å². The number of ether oxygens (including phenoxy) is 2. The second-order valence-electron chi connectivity index (χ2n) is 4.98. The summed E-state index contributed by atoms with van der Waals surface area (Å²) in [6.45, 7) is 4.79. The first-order chi connectivity index (χ1) is 9.82. The molecule has 0 aliphatic heterocycles. The van der Waals surface area contributed by atoms with Crippen LogP contribution in [0.5, 0.6) is 11.5 Å². The van der Waals surface area contributed by atoms with E-state index in [4.69, 9.17) is 14.6 Å². The third-order valence-electron chi connectivity index (χ3n) is 3.27. The molecule has 0 spiro atoms. The SMILES string of the molecule is CCC(C)(NC(=O)COc1ccc(C)cc1OC)C(=O)O. The van der Waals surface area contributed by atoms with E-state index >= 15 is 0 Å². The van der Waals surface area contributed by atoms with E-state index in [1.54, 1.807) is 19.1 Å². The Morgan fingerprint density at radius 1 is 1.33 bits per heavy atom. The number of carboxylic acid groups (broad SMARTS) is 1. The zero-order valence-electron chi connectivity index (χ0n) is 12.7. The number of carbonyl (C=O) groups excluding carboxylic acids is 1. The Morgan fingerprint density at radius 2 is 2.00 bits per heavy atom. The van der Waals surface area contributed by atoms with E-state index in [1.165, 1.54) is 14.0 Å². The summed E-state index contributed by atoms with van der Waals surface area (Å²) >= 11 is 0. The first-order valence-corrected chi connectivity index (χ1v) is 6.64. The van der Waals surface area contributed by atoms with E-state index < -0.39 is 17.4 Å². The van der Waals surface area contributed by atoms with Gasteiger partial charge in [0.05, 0.1) is 7.11 Å². The highest BCUT2D eigenvalue weighted by Crippen LogP contribution is 2.27. The van der Waals surface area contributed by atoms with Gasteiger partial charge in [0.1, 0.15) is 5.54 Å². The Hall–Kier alpha value is -2.24. The maximum atomic E-state index is 11.8. The molecule has 1 aromatic rings. The van der Waals surface area contributed by atoms with Gasteiger partial charge in [-0.15, -0.1) is 0 Å². The average Bonchev–Trinajstić information content (AvgIpc) is 2.45. The number of amides is 1. The zero-order valence-corrected chi connectivity index (χ0v) is 12.7. The van der Waals surface area contributed by atoms with E-state index in [0.29, 0.717) is 11.5 Å². The number of hydrogen-bond donors (Lipinski definition) is 2. The number of carbonyl (C=O) groups is 2. The number of hydrogen-bond acceptors (Lipinski definition) is 4. The summed E-state index contributed by atoms with van der Waals surface area (Å²) in [4.78, 5) is 22.9. The van der Waals surface area contributed by atoms with Crippen LogP contribution in [0.4, 0.5) is 0 Å². The molecule has 1 aromatic carbocycles. The summed E-state index contributed by atoms with van der Waals surface area (Å²) in [7, 11) is 1.51. The Balaban J connectivity index is 2.67. The maximum Gasteiger partial charge on any atom is 0.329 e. The smallest absolute Gasteiger partial charge is 0.329 e. The molecule has 0 aromatic heterocycles. The van der Waals surface area contributed by atoms with Gasteiger partial charge < -0.3 is 19.9 Å². The second kappa shape index (κ2) is 6.97. The summed E-state index contributed by atoms with van der Waals surface area (Å²) in [5, 5.41) is 11.6. The summed E-state index contributed by atoms with van der Waals surface area (Å²) in [5.74, 6) is -0.610. The van der Waals surface area contributed by atoms with Gasteiger partial charge in [-0.05, 0) is 38.0 Å². The van der Waals surface area contributed by atoms with Crippen LogP contribution in [0.25, 0.3) is 0 Å². The number of rotatable bonds is 7. The van der Waals surface area contributed by atoms with Crippen LogP contribution in [0.3, 0.4) is 0 Å². The molecular formula is C15H21NO5. The Morgan fingerprint density at radius 3 is 2.52 bits per heavy atom. The normalized spacial score (nSPS) is 13.1. The topological polar surface area (TPSA) is 84.9 Å². The zero-order chi connectivity index (χ0) is 16.0. The van der Waals surface area contributed by atoms with Crippen molar-refractivity contribution in [1.82, 2.24) is 5.32 Å². The third-order valence-corrected chi connectivity index (χ3v) is 3.27. The van der Waals surface area contributed by atoms with Crippen molar-refractivity contribution in [2.24, 2.45) is 0 Å². The van der Waals surface area contributed by atoms with Gasteiger partial charge in [0, 0.05) is 0 Å². The first kappa shape index (κ1) is 16.8. The molecule has 0 saturated heterocycles. The summed E-state index contributed by atoms with van der Waals surface area (Å²) in [5.41, 5.74) is -0.286. The number of aliphatic carboxylic acids is 1. The van der Waals surface area contributed by atoms with Crippen LogP contribution in [0.1, 0.15) is 25.8 Å². The number of benzene rings is 1. The lowest BCUT2D eigenvalue weighted by atomic mass is 9.99. The molecule has 0 heterocycles. The molecule has 1 rings (SSSR count). The lowest BCUT2D eigenvalue weighted by molar-refractivity contribution is -0.147. The third kappa shape index (κ3) is 4.37. The molecule has 2 N–H and O–H groups in total. The largest absolute Gasteiger partial charge is 0.493 e. The number of nitrogens with one attached hydrogen (secondary N) is 1. The van der Waals surface area contributed by atoms with E-state index in [2.05, 4.69) is 5.32 Å². The molecule has 21 heavy (non-hydrogen) atoms. The number of aryl methyl sites for hydroxylation is 1. The highest BCUT2D eigenvalue weighted by Gasteiger charge is 2.32. The minimum absolute atomic E-state index is 0.276. The minimum atomic E-state index is -1.29. The molecule has 0 radical (unpaired) electrons. The molecule has 116 valence electrons. The summed E-state index contributed by atoms with van der Waals surface area (Å²) in [6, 6.07) is 5.33. The monoisotopic (exact) mass is 295 g/mol. The predicted octanol–water partition coefficient (Wildman–Crippen LogP) is 1.75. The van der Waals surface area contributed by atoms with Crippen LogP contribution in [-0.2, 0) is 9.59 Å². The fourth-order valence-electron chi connectivity index (χ4n) is 1.67. The van der Waals surface area contributed by atoms with Crippen LogP contribution in [-0.4, -0.2) is 36.2 Å². The van der Waals surface area contributed by atoms with Gasteiger partial charge in [-0.1, -0.05) is 13.0 Å². The van der Waals surface area contributed by atoms with Crippen molar-refractivity contribution in [2.45, 2.75) is 32.7 Å². The van der Waals surface area contributed by atoms with Crippen molar-refractivity contribution in [3.05, 3.63) is 23.8 Å². The van der Waals surface area contributed by atoms with Gasteiger partial charge in [0.25, 0.3) is 5.91 Å². The highest BCUT2D eigenvalue weighted by atomic mass is 16.5. The van der Waals surface area contributed by atoms with E-state index in [-0.39, 0.29) is 13.0 Å². The quantitative estimate of drug-likeness (QED) is 0.800. The van der Waals surface area contributed by atoms with Gasteiger partial charge in [-0.3, -0.25) is 4.79 Å². The molecule has 0 aliphatic rings. The average molecular weight is 295 g/mol. The second-order valence-corrected chi connectivity index (χ2v) is 4.98. The lowest BCUT2D eigenvalue weighted by Gasteiger charge is -2.24. The van der Waals surface area contributed by atoms with Crippen LogP contribution < -0.4 is 14.8 Å². The minimum Gasteiger partial charge on any atom is -0.493 e. The van der Waals surface area contributed by atoms with Gasteiger partial charge in [-0.25, -0.2) is 4.79 Å². The summed E-state index contributed by atoms with van der Waals surface area (Å²) in [6.07, 6.45) is 0.280. The van der Waals surface area contributed by atoms with Crippen molar-refractivity contribution in [3.8, 4) is 11.5 Å². The lowest BCUT2D eigenvalue weighted by Crippen LogP contribution is -2.53. The van der Waals surface area contributed by atoms with Crippen molar-refractivity contribution in [1.29, 1.82) is 0 Å². The van der Waals surface area contributed by atoms with E-state index in [0.717, 1.165) is 5.56 Å². The van der Waals surface area contributed by atoms with Crippen LogP contribution in [0.15, 0.2) is 18.2 Å². The fourth-order valence-corrected chi connectivity index (χ4v) is 1.67. The van der Waals surface area contributed by atoms with Crippen LogP contribution in [0, 0.1) is 6.92 Å². The van der Waals surface area contributed by atoms with Crippen LogP contribution >= 0.6 is 0 Å². The number of carboxylic acids is 1. The molecule has 6 heteroatoms. The molecule has 1 amide bonds. The van der Waals surface area contributed by atoms with Gasteiger partial charge in [0.2, 0.25) is 0 Å². The standard InChI is InChI=1S/C15H21NO5/c1-5-15(3,14(18)19)16-13(17)9-21-11-7-6-10(2)8-12(11)20-4/h6-8H,5,9H2,1-4H3,(H,16,17)(H,18,19). The summed E-state index contributed by atoms with van der Waals surface area (Å²) < 4.78 is 10.6. The van der Waals surface area contributed by atoms with E-state index in [9.17, 15) is 9.59 Å². The molecule has 6 nitrogen and oxygen atoms in total. The highest BCUT2D eigenvalue weighted by molar-refractivity contribution is 5.87. The molecule has 0 aliphatic carbocycles. The van der Waals surface area contributed by atoms with Crippen molar-refractivity contribution >= 4 is 11.9 Å². The number of methoxy groups -OCH3 is 1. The van der Waals surface area contributed by atoms with Gasteiger partial charge in [-0.2, -0.15) is 0 Å². The van der Waals surface area contributed by atoms with Crippen molar-refractivity contribution < 1.29 is 24.2 Å². The Kier molecular flexibility index (Phi) is 5.58. The van der Waals surface area contributed by atoms with E-state index in [1.807, 2.05) is 13.0 Å².